The number of aromatic nitrogens is 4. The maximum atomic E-state index is 14.1. The first-order valence-corrected chi connectivity index (χ1v) is 9.05. The van der Waals surface area contributed by atoms with Crippen molar-refractivity contribution >= 4 is 23.2 Å². The lowest BCUT2D eigenvalue weighted by atomic mass is 10.2. The molecule has 0 saturated heterocycles. The third-order valence-electron chi connectivity index (χ3n) is 4.03. The Hall–Kier alpha value is -3.00. The molecule has 9 heteroatoms. The molecule has 1 aromatic heterocycles. The zero-order chi connectivity index (χ0) is 20.1. The van der Waals surface area contributed by atoms with Crippen molar-refractivity contribution in [1.82, 2.24) is 20.2 Å². The molecule has 2 aromatic carbocycles. The van der Waals surface area contributed by atoms with Crippen LogP contribution in [-0.4, -0.2) is 32.7 Å². The molecule has 0 aliphatic carbocycles. The quantitative estimate of drug-likeness (QED) is 0.605. The van der Waals surface area contributed by atoms with E-state index >= 15 is 0 Å². The molecule has 0 radical (unpaired) electrons. The summed E-state index contributed by atoms with van der Waals surface area (Å²) in [5, 5.41) is 14.4. The predicted molar refractivity (Wildman–Crippen MR) is 103 cm³/mol. The second-order valence-corrected chi connectivity index (χ2v) is 6.65. The van der Waals surface area contributed by atoms with Crippen molar-refractivity contribution in [3.8, 4) is 11.4 Å². The van der Waals surface area contributed by atoms with Gasteiger partial charge in [-0.3, -0.25) is 4.79 Å². The van der Waals surface area contributed by atoms with Gasteiger partial charge < -0.3 is 10.1 Å². The molecule has 1 heterocycles. The minimum absolute atomic E-state index is 0.168. The number of hydrogen-bond donors (Lipinski definition) is 1. The van der Waals surface area contributed by atoms with Crippen molar-refractivity contribution < 1.29 is 13.9 Å². The summed E-state index contributed by atoms with van der Waals surface area (Å²) < 4.78 is 21.0. The predicted octanol–water partition coefficient (Wildman–Crippen LogP) is 3.87. The van der Waals surface area contributed by atoms with E-state index in [1.165, 1.54) is 22.9 Å². The summed E-state index contributed by atoms with van der Waals surface area (Å²) >= 11 is 5.91. The van der Waals surface area contributed by atoms with Gasteiger partial charge in [0.05, 0.1) is 6.61 Å². The van der Waals surface area contributed by atoms with Gasteiger partial charge in [0.2, 0.25) is 5.91 Å². The molecular weight excluding hydrogens is 385 g/mol. The Labute approximate surface area is 166 Å². The number of tetrazole rings is 1. The van der Waals surface area contributed by atoms with Crippen LogP contribution in [0.1, 0.15) is 24.2 Å². The van der Waals surface area contributed by atoms with Gasteiger partial charge in [-0.1, -0.05) is 11.6 Å². The third kappa shape index (κ3) is 4.83. The van der Waals surface area contributed by atoms with Gasteiger partial charge in [-0.25, -0.2) is 4.39 Å². The van der Waals surface area contributed by atoms with Gasteiger partial charge in [-0.2, -0.15) is 4.68 Å². The summed E-state index contributed by atoms with van der Waals surface area (Å²) in [5.74, 6) is 0.504. The minimum atomic E-state index is -0.486. The van der Waals surface area contributed by atoms with Crippen molar-refractivity contribution in [1.29, 1.82) is 0 Å². The molecule has 0 bridgehead atoms. The van der Waals surface area contributed by atoms with E-state index in [0.717, 1.165) is 11.3 Å². The van der Waals surface area contributed by atoms with Crippen LogP contribution in [0.5, 0.6) is 5.75 Å². The molecule has 0 aliphatic heterocycles. The number of hydrogen-bond acceptors (Lipinski definition) is 5. The lowest BCUT2D eigenvalue weighted by Crippen LogP contribution is -2.13. The average Bonchev–Trinajstić information content (AvgIpc) is 3.07. The fraction of sp³-hybridized carbons (Fsp3) is 0.263. The Morgan fingerprint density at radius 3 is 2.79 bits per heavy atom. The van der Waals surface area contributed by atoms with Crippen molar-refractivity contribution in [2.24, 2.45) is 0 Å². The van der Waals surface area contributed by atoms with Gasteiger partial charge in [0.25, 0.3) is 0 Å². The van der Waals surface area contributed by atoms with Crippen molar-refractivity contribution in [3.05, 3.63) is 58.6 Å². The highest BCUT2D eigenvalue weighted by Crippen LogP contribution is 2.22. The van der Waals surface area contributed by atoms with Gasteiger partial charge >= 0.3 is 0 Å². The standard InChI is InChI=1S/C19H19ClFN5O2/c1-12-10-14(20)5-8-18(12)28-9-3-4-19(27)22-15-6-7-16(21)17(11-15)26-13(2)23-24-25-26/h5-8,10-11H,3-4,9H2,1-2H3,(H,22,27). The molecule has 0 atom stereocenters. The number of amides is 1. The molecule has 3 rings (SSSR count). The summed E-state index contributed by atoms with van der Waals surface area (Å²) in [7, 11) is 0. The lowest BCUT2D eigenvalue weighted by Gasteiger charge is -2.10. The van der Waals surface area contributed by atoms with E-state index in [2.05, 4.69) is 20.8 Å². The lowest BCUT2D eigenvalue weighted by molar-refractivity contribution is -0.116. The number of aryl methyl sites for hydroxylation is 2. The molecule has 0 unspecified atom stereocenters. The van der Waals surface area contributed by atoms with Crippen molar-refractivity contribution in [2.75, 3.05) is 11.9 Å². The molecule has 3 aromatic rings. The number of carbonyl (C=O) groups excluding carboxylic acids is 1. The van der Waals surface area contributed by atoms with E-state index in [1.54, 1.807) is 19.1 Å². The SMILES string of the molecule is Cc1cc(Cl)ccc1OCCCC(=O)Nc1ccc(F)c(-n2nnnc2C)c1. The fourth-order valence-corrected chi connectivity index (χ4v) is 2.85. The topological polar surface area (TPSA) is 81.9 Å². The summed E-state index contributed by atoms with van der Waals surface area (Å²) in [5.41, 5.74) is 1.57. The van der Waals surface area contributed by atoms with Crippen molar-refractivity contribution in [2.45, 2.75) is 26.7 Å². The van der Waals surface area contributed by atoms with Gasteiger partial charge in [0, 0.05) is 17.1 Å². The smallest absolute Gasteiger partial charge is 0.224 e. The Balaban J connectivity index is 1.53. The normalized spacial score (nSPS) is 10.7. The molecular formula is C19H19ClFN5O2. The van der Waals surface area contributed by atoms with E-state index < -0.39 is 5.82 Å². The molecule has 7 nitrogen and oxygen atoms in total. The first-order valence-electron chi connectivity index (χ1n) is 8.68. The van der Waals surface area contributed by atoms with Crippen molar-refractivity contribution in [3.63, 3.8) is 0 Å². The fourth-order valence-electron chi connectivity index (χ4n) is 2.62. The Bertz CT molecular complexity index is 992. The average molecular weight is 404 g/mol. The second kappa shape index (κ2) is 8.79. The maximum absolute atomic E-state index is 14.1. The summed E-state index contributed by atoms with van der Waals surface area (Å²) in [6.07, 6.45) is 0.803. The van der Waals surface area contributed by atoms with E-state index in [0.29, 0.717) is 29.6 Å². The van der Waals surface area contributed by atoms with E-state index in [9.17, 15) is 9.18 Å². The molecule has 146 valence electrons. The second-order valence-electron chi connectivity index (χ2n) is 6.21. The van der Waals surface area contributed by atoms with Crippen LogP contribution in [0.2, 0.25) is 5.02 Å². The number of anilines is 1. The number of benzene rings is 2. The monoisotopic (exact) mass is 403 g/mol. The molecule has 1 N–H and O–H groups in total. The molecule has 28 heavy (non-hydrogen) atoms. The van der Waals surface area contributed by atoms with Crippen LogP contribution in [0.3, 0.4) is 0 Å². The van der Waals surface area contributed by atoms with Crippen LogP contribution < -0.4 is 10.1 Å². The van der Waals surface area contributed by atoms with Gasteiger partial charge in [-0.05, 0) is 72.7 Å². The zero-order valence-electron chi connectivity index (χ0n) is 15.4. The van der Waals surface area contributed by atoms with E-state index in [4.69, 9.17) is 16.3 Å². The van der Waals surface area contributed by atoms with E-state index in [-0.39, 0.29) is 18.0 Å². The number of rotatable bonds is 7. The number of ether oxygens (including phenoxy) is 1. The molecule has 0 saturated carbocycles. The molecule has 0 fully saturated rings. The number of nitrogens with zero attached hydrogens (tertiary/aromatic N) is 4. The molecule has 1 amide bonds. The van der Waals surface area contributed by atoms with Crippen LogP contribution in [0, 0.1) is 19.7 Å². The number of carbonyl (C=O) groups is 1. The highest BCUT2D eigenvalue weighted by atomic mass is 35.5. The third-order valence-corrected chi connectivity index (χ3v) is 4.26. The number of halogens is 2. The Kier molecular flexibility index (Phi) is 6.20. The first-order chi connectivity index (χ1) is 13.4. The van der Waals surface area contributed by atoms with Crippen LogP contribution >= 0.6 is 11.6 Å². The van der Waals surface area contributed by atoms with Gasteiger partial charge in [0.1, 0.15) is 17.3 Å². The minimum Gasteiger partial charge on any atom is -0.493 e. The van der Waals surface area contributed by atoms with Crippen LogP contribution in [0.4, 0.5) is 10.1 Å². The van der Waals surface area contributed by atoms with E-state index in [1.807, 2.05) is 13.0 Å². The van der Waals surface area contributed by atoms with Crippen LogP contribution in [-0.2, 0) is 4.79 Å². The largest absolute Gasteiger partial charge is 0.493 e. The Morgan fingerprint density at radius 1 is 1.25 bits per heavy atom. The molecule has 0 aliphatic rings. The molecule has 0 spiro atoms. The Morgan fingerprint density at radius 2 is 2.07 bits per heavy atom. The van der Waals surface area contributed by atoms with Gasteiger partial charge in [0.15, 0.2) is 5.82 Å². The summed E-state index contributed by atoms with van der Waals surface area (Å²) in [4.78, 5) is 12.2. The summed E-state index contributed by atoms with van der Waals surface area (Å²) in [6, 6.07) is 9.63. The maximum Gasteiger partial charge on any atom is 0.224 e. The number of nitrogens with one attached hydrogen (secondary N) is 1. The zero-order valence-corrected chi connectivity index (χ0v) is 16.2. The van der Waals surface area contributed by atoms with Gasteiger partial charge in [-0.15, -0.1) is 5.10 Å². The highest BCUT2D eigenvalue weighted by Gasteiger charge is 2.12. The highest BCUT2D eigenvalue weighted by molar-refractivity contribution is 6.30. The first kappa shape index (κ1) is 19.8. The summed E-state index contributed by atoms with van der Waals surface area (Å²) in [6.45, 7) is 3.97. The van der Waals surface area contributed by atoms with Crippen LogP contribution in [0.15, 0.2) is 36.4 Å². The van der Waals surface area contributed by atoms with Crippen LogP contribution in [0.25, 0.3) is 5.69 Å².